The van der Waals surface area contributed by atoms with Gasteiger partial charge in [-0.25, -0.2) is 8.78 Å². The van der Waals surface area contributed by atoms with E-state index in [9.17, 15) is 8.78 Å². The number of fused-ring (bicyclic) bond motifs is 1. The summed E-state index contributed by atoms with van der Waals surface area (Å²) in [5.74, 6) is 0.513. The molecule has 0 spiro atoms. The van der Waals surface area contributed by atoms with Crippen LogP contribution >= 0.6 is 0 Å². The molecule has 0 aromatic carbocycles. The van der Waals surface area contributed by atoms with Gasteiger partial charge in [0.05, 0.1) is 0 Å². The molecule has 0 aromatic heterocycles. The summed E-state index contributed by atoms with van der Waals surface area (Å²) >= 11 is 0. The lowest BCUT2D eigenvalue weighted by molar-refractivity contribution is 0.0564. The van der Waals surface area contributed by atoms with Crippen LogP contribution in [0, 0.1) is 17.8 Å². The molecule has 0 amide bonds. The lowest BCUT2D eigenvalue weighted by atomic mass is 9.93. The number of hydrogen-bond acceptors (Lipinski definition) is 1. The summed E-state index contributed by atoms with van der Waals surface area (Å²) in [6.45, 7) is 1.79. The van der Waals surface area contributed by atoms with E-state index in [2.05, 4.69) is 5.32 Å². The molecule has 1 saturated carbocycles. The zero-order valence-corrected chi connectivity index (χ0v) is 6.39. The lowest BCUT2D eigenvalue weighted by Gasteiger charge is -2.15. The van der Waals surface area contributed by atoms with Gasteiger partial charge < -0.3 is 5.32 Å². The van der Waals surface area contributed by atoms with Crippen LogP contribution in [0.1, 0.15) is 12.8 Å². The molecule has 2 aliphatic rings. The molecule has 11 heavy (non-hydrogen) atoms. The maximum absolute atomic E-state index is 12.4. The zero-order chi connectivity index (χ0) is 7.84. The Labute approximate surface area is 65.2 Å². The molecule has 1 aliphatic carbocycles. The summed E-state index contributed by atoms with van der Waals surface area (Å²) in [6.07, 6.45) is -0.341. The monoisotopic (exact) mass is 161 g/mol. The molecule has 64 valence electrons. The van der Waals surface area contributed by atoms with Crippen molar-refractivity contribution in [1.29, 1.82) is 0 Å². The molecule has 0 aromatic rings. The highest BCUT2D eigenvalue weighted by molar-refractivity contribution is 4.92. The Morgan fingerprint density at radius 2 is 2.00 bits per heavy atom. The van der Waals surface area contributed by atoms with Crippen LogP contribution in [-0.4, -0.2) is 19.5 Å². The summed E-state index contributed by atoms with van der Waals surface area (Å²) in [4.78, 5) is 0. The minimum absolute atomic E-state index is 0.273. The first-order valence-corrected chi connectivity index (χ1v) is 4.28. The van der Waals surface area contributed by atoms with Gasteiger partial charge in [0, 0.05) is 5.92 Å². The Balaban J connectivity index is 2.03. The second kappa shape index (κ2) is 2.70. The quantitative estimate of drug-likeness (QED) is 0.614. The average Bonchev–Trinajstić information content (AvgIpc) is 2.41. The Bertz CT molecular complexity index is 149. The van der Waals surface area contributed by atoms with Crippen LogP contribution in [0.4, 0.5) is 8.78 Å². The second-order valence-corrected chi connectivity index (χ2v) is 3.66. The summed E-state index contributed by atoms with van der Waals surface area (Å²) in [5.41, 5.74) is 0. The summed E-state index contributed by atoms with van der Waals surface area (Å²) in [6, 6.07) is 0. The Morgan fingerprint density at radius 1 is 1.18 bits per heavy atom. The number of alkyl halides is 2. The SMILES string of the molecule is FC(F)C1CCC2CNCC21. The van der Waals surface area contributed by atoms with Gasteiger partial charge in [0.1, 0.15) is 0 Å². The standard InChI is InChI=1S/C8H13F2N/c9-8(10)6-2-1-5-3-11-4-7(5)6/h5-8,11H,1-4H2. The molecule has 1 nitrogen and oxygen atoms in total. The number of nitrogens with one attached hydrogen (secondary N) is 1. The first-order chi connectivity index (χ1) is 5.29. The van der Waals surface area contributed by atoms with Crippen molar-refractivity contribution in [2.24, 2.45) is 17.8 Å². The maximum Gasteiger partial charge on any atom is 0.241 e. The molecular weight excluding hydrogens is 148 g/mol. The largest absolute Gasteiger partial charge is 0.316 e. The van der Waals surface area contributed by atoms with E-state index < -0.39 is 6.43 Å². The van der Waals surface area contributed by atoms with Crippen LogP contribution < -0.4 is 5.32 Å². The van der Waals surface area contributed by atoms with Crippen molar-refractivity contribution >= 4 is 0 Å². The third kappa shape index (κ3) is 1.15. The Morgan fingerprint density at radius 3 is 2.73 bits per heavy atom. The van der Waals surface area contributed by atoms with E-state index in [1.165, 1.54) is 0 Å². The van der Waals surface area contributed by atoms with Crippen LogP contribution in [0.25, 0.3) is 0 Å². The summed E-state index contributed by atoms with van der Waals surface area (Å²) in [5, 5.41) is 3.18. The van der Waals surface area contributed by atoms with Gasteiger partial charge in [-0.2, -0.15) is 0 Å². The summed E-state index contributed by atoms with van der Waals surface area (Å²) < 4.78 is 24.7. The molecule has 2 fully saturated rings. The van der Waals surface area contributed by atoms with Crippen LogP contribution in [0.3, 0.4) is 0 Å². The first kappa shape index (κ1) is 7.47. The lowest BCUT2D eigenvalue weighted by Crippen LogP contribution is -2.21. The molecule has 1 heterocycles. The van der Waals surface area contributed by atoms with Gasteiger partial charge >= 0.3 is 0 Å². The predicted molar refractivity (Wildman–Crippen MR) is 38.6 cm³/mol. The highest BCUT2D eigenvalue weighted by Crippen LogP contribution is 2.41. The molecule has 1 saturated heterocycles. The minimum atomic E-state index is -2.09. The van der Waals surface area contributed by atoms with E-state index in [4.69, 9.17) is 0 Å². The van der Waals surface area contributed by atoms with Crippen molar-refractivity contribution in [2.45, 2.75) is 19.3 Å². The maximum atomic E-state index is 12.4. The third-order valence-electron chi connectivity index (χ3n) is 3.14. The molecular formula is C8H13F2N. The van der Waals surface area contributed by atoms with Gasteiger partial charge in [-0.15, -0.1) is 0 Å². The topological polar surface area (TPSA) is 12.0 Å². The fourth-order valence-corrected chi connectivity index (χ4v) is 2.50. The molecule has 1 aliphatic heterocycles. The smallest absolute Gasteiger partial charge is 0.241 e. The van der Waals surface area contributed by atoms with Crippen LogP contribution in [0.15, 0.2) is 0 Å². The van der Waals surface area contributed by atoms with E-state index in [1.807, 2.05) is 0 Å². The van der Waals surface area contributed by atoms with E-state index in [1.54, 1.807) is 0 Å². The predicted octanol–water partition coefficient (Wildman–Crippen LogP) is 1.50. The second-order valence-electron chi connectivity index (χ2n) is 3.66. The molecule has 2 rings (SSSR count). The number of rotatable bonds is 1. The van der Waals surface area contributed by atoms with Crippen molar-refractivity contribution in [3.8, 4) is 0 Å². The van der Waals surface area contributed by atoms with E-state index >= 15 is 0 Å². The van der Waals surface area contributed by atoms with Crippen molar-refractivity contribution in [1.82, 2.24) is 5.32 Å². The van der Waals surface area contributed by atoms with Crippen molar-refractivity contribution in [3.05, 3.63) is 0 Å². The third-order valence-corrected chi connectivity index (χ3v) is 3.14. The van der Waals surface area contributed by atoms with Gasteiger partial charge in [0.2, 0.25) is 6.43 Å². The fraction of sp³-hybridized carbons (Fsp3) is 1.00. The Kier molecular flexibility index (Phi) is 1.83. The molecule has 3 unspecified atom stereocenters. The van der Waals surface area contributed by atoms with Crippen molar-refractivity contribution in [3.63, 3.8) is 0 Å². The zero-order valence-electron chi connectivity index (χ0n) is 6.39. The average molecular weight is 161 g/mol. The molecule has 1 N–H and O–H groups in total. The van der Waals surface area contributed by atoms with Gasteiger partial charge in [-0.1, -0.05) is 0 Å². The number of halogens is 2. The highest BCUT2D eigenvalue weighted by Gasteiger charge is 2.43. The minimum Gasteiger partial charge on any atom is -0.316 e. The van der Waals surface area contributed by atoms with Crippen LogP contribution in [0.2, 0.25) is 0 Å². The Hall–Kier alpha value is -0.180. The molecule has 0 bridgehead atoms. The van der Waals surface area contributed by atoms with Crippen LogP contribution in [-0.2, 0) is 0 Å². The van der Waals surface area contributed by atoms with Gasteiger partial charge in [0.15, 0.2) is 0 Å². The normalized spacial score (nSPS) is 43.4. The van der Waals surface area contributed by atoms with Crippen LogP contribution in [0.5, 0.6) is 0 Å². The number of hydrogen-bond donors (Lipinski definition) is 1. The highest BCUT2D eigenvalue weighted by atomic mass is 19.3. The molecule has 0 radical (unpaired) electrons. The van der Waals surface area contributed by atoms with Gasteiger partial charge in [-0.05, 0) is 37.8 Å². The summed E-state index contributed by atoms with van der Waals surface area (Å²) in [7, 11) is 0. The molecule has 3 atom stereocenters. The van der Waals surface area contributed by atoms with E-state index in [0.29, 0.717) is 5.92 Å². The van der Waals surface area contributed by atoms with Gasteiger partial charge in [0.25, 0.3) is 0 Å². The fourth-order valence-electron chi connectivity index (χ4n) is 2.50. The van der Waals surface area contributed by atoms with E-state index in [-0.39, 0.29) is 11.8 Å². The first-order valence-electron chi connectivity index (χ1n) is 4.28. The van der Waals surface area contributed by atoms with E-state index in [0.717, 1.165) is 25.9 Å². The molecule has 3 heteroatoms. The van der Waals surface area contributed by atoms with Crippen molar-refractivity contribution < 1.29 is 8.78 Å². The van der Waals surface area contributed by atoms with Crippen molar-refractivity contribution in [2.75, 3.05) is 13.1 Å². The van der Waals surface area contributed by atoms with Gasteiger partial charge in [-0.3, -0.25) is 0 Å².